The summed E-state index contributed by atoms with van der Waals surface area (Å²) < 4.78 is 34.7. The predicted molar refractivity (Wildman–Crippen MR) is 117 cm³/mol. The van der Waals surface area contributed by atoms with Crippen LogP contribution in [-0.2, 0) is 15.1 Å². The van der Waals surface area contributed by atoms with Crippen molar-refractivity contribution in [3.8, 4) is 5.75 Å². The largest absolute Gasteiger partial charge is 0.435 e. The van der Waals surface area contributed by atoms with Gasteiger partial charge in [-0.2, -0.15) is 8.78 Å². The maximum Gasteiger partial charge on any atom is 0.387 e. The second kappa shape index (κ2) is 8.86. The van der Waals surface area contributed by atoms with Crippen LogP contribution in [0.15, 0.2) is 53.5 Å². The quantitative estimate of drug-likeness (QED) is 0.672. The normalized spacial score (nSPS) is 25.1. The van der Waals surface area contributed by atoms with E-state index in [1.54, 1.807) is 26.3 Å². The van der Waals surface area contributed by atoms with E-state index in [-0.39, 0.29) is 17.6 Å². The second-order valence-corrected chi connectivity index (χ2v) is 8.39. The molecule has 1 aliphatic heterocycles. The van der Waals surface area contributed by atoms with Crippen molar-refractivity contribution in [3.05, 3.63) is 65.2 Å². The Hall–Kier alpha value is -3.00. The molecule has 1 amide bonds. The van der Waals surface area contributed by atoms with E-state index in [1.807, 2.05) is 18.2 Å². The number of hydrogen-bond acceptors (Lipinski definition) is 5. The summed E-state index contributed by atoms with van der Waals surface area (Å²) in [5, 5.41) is 0. The van der Waals surface area contributed by atoms with Crippen molar-refractivity contribution < 1.29 is 23.0 Å². The molecule has 1 fully saturated rings. The Morgan fingerprint density at radius 3 is 2.50 bits per heavy atom. The van der Waals surface area contributed by atoms with Crippen LogP contribution in [0.4, 0.5) is 8.78 Å². The molecule has 2 N–H and O–H groups in total. The first-order chi connectivity index (χ1) is 15.3. The van der Waals surface area contributed by atoms with Crippen LogP contribution in [0, 0.1) is 5.92 Å². The number of nitrogens with zero attached hydrogens (tertiary/aromatic N) is 2. The number of benzene rings is 2. The number of guanidine groups is 1. The Balaban J connectivity index is 1.68. The number of methoxy groups -OCH3 is 1. The summed E-state index contributed by atoms with van der Waals surface area (Å²) in [6, 6.07) is 13.9. The molecule has 2 aliphatic rings. The van der Waals surface area contributed by atoms with Crippen LogP contribution in [0.25, 0.3) is 0 Å². The Morgan fingerprint density at radius 2 is 1.91 bits per heavy atom. The van der Waals surface area contributed by atoms with Crippen LogP contribution in [-0.4, -0.2) is 44.1 Å². The van der Waals surface area contributed by atoms with Gasteiger partial charge in [-0.3, -0.25) is 9.69 Å². The fourth-order valence-corrected chi connectivity index (χ4v) is 4.61. The van der Waals surface area contributed by atoms with Crippen molar-refractivity contribution in [3.63, 3.8) is 0 Å². The molecule has 2 aromatic rings. The van der Waals surface area contributed by atoms with Crippen LogP contribution in [0.5, 0.6) is 5.75 Å². The van der Waals surface area contributed by atoms with E-state index in [2.05, 4.69) is 15.8 Å². The van der Waals surface area contributed by atoms with Gasteiger partial charge in [0.05, 0.1) is 0 Å². The number of rotatable bonds is 8. The third kappa shape index (κ3) is 3.95. The molecule has 1 heterocycles. The first kappa shape index (κ1) is 22.2. The predicted octanol–water partition coefficient (Wildman–Crippen LogP) is 3.85. The van der Waals surface area contributed by atoms with Crippen molar-refractivity contribution in [2.75, 3.05) is 20.8 Å². The fraction of sp³-hybridized carbons (Fsp3) is 0.417. The highest BCUT2D eigenvalue weighted by Crippen LogP contribution is 2.46. The molecule has 8 heteroatoms. The van der Waals surface area contributed by atoms with E-state index >= 15 is 0 Å². The van der Waals surface area contributed by atoms with Crippen LogP contribution in [0.1, 0.15) is 41.9 Å². The average Bonchev–Trinajstić information content (AvgIpc) is 2.98. The molecule has 1 atom stereocenters. The lowest BCUT2D eigenvalue weighted by Gasteiger charge is -2.36. The van der Waals surface area contributed by atoms with Gasteiger partial charge < -0.3 is 15.2 Å². The Morgan fingerprint density at radius 1 is 1.19 bits per heavy atom. The van der Waals surface area contributed by atoms with Crippen molar-refractivity contribution >= 4 is 11.9 Å². The first-order valence-corrected chi connectivity index (χ1v) is 10.6. The van der Waals surface area contributed by atoms with Crippen LogP contribution >= 0.6 is 0 Å². The fourth-order valence-electron chi connectivity index (χ4n) is 4.61. The number of hydrogen-bond donors (Lipinski definition) is 1. The third-order valence-corrected chi connectivity index (χ3v) is 6.48. The van der Waals surface area contributed by atoms with Crippen molar-refractivity contribution in [2.45, 2.75) is 37.3 Å². The zero-order chi connectivity index (χ0) is 22.9. The van der Waals surface area contributed by atoms with Gasteiger partial charge in [0, 0.05) is 20.8 Å². The van der Waals surface area contributed by atoms with Gasteiger partial charge in [0.2, 0.25) is 0 Å². The lowest BCUT2D eigenvalue weighted by molar-refractivity contribution is -0.129. The molecule has 32 heavy (non-hydrogen) atoms. The molecule has 0 aromatic heterocycles. The summed E-state index contributed by atoms with van der Waals surface area (Å²) in [4.78, 5) is 19.3. The van der Waals surface area contributed by atoms with Crippen LogP contribution in [0.2, 0.25) is 0 Å². The van der Waals surface area contributed by atoms with Gasteiger partial charge in [0.1, 0.15) is 5.75 Å². The maximum atomic E-state index is 13.4. The topological polar surface area (TPSA) is 77.2 Å². The average molecular weight is 443 g/mol. The summed E-state index contributed by atoms with van der Waals surface area (Å²) >= 11 is 0. The van der Waals surface area contributed by atoms with E-state index < -0.39 is 12.2 Å². The lowest BCUT2D eigenvalue weighted by atomic mass is 9.69. The molecule has 1 saturated carbocycles. The highest BCUT2D eigenvalue weighted by Gasteiger charge is 2.49. The summed E-state index contributed by atoms with van der Waals surface area (Å²) in [6.45, 7) is -2.16. The smallest absolute Gasteiger partial charge is 0.387 e. The molecule has 0 radical (unpaired) electrons. The molecular weight excluding hydrogens is 416 g/mol. The number of likely N-dealkylation sites (N-methyl/N-ethyl adjacent to an activating group) is 1. The first-order valence-electron chi connectivity index (χ1n) is 10.6. The number of nitrogens with two attached hydrogens (primary N) is 1. The monoisotopic (exact) mass is 443 g/mol. The molecular formula is C24H27F2N3O3. The van der Waals surface area contributed by atoms with E-state index in [0.29, 0.717) is 23.0 Å². The summed E-state index contributed by atoms with van der Waals surface area (Å²) in [7, 11) is 3.29. The van der Waals surface area contributed by atoms with Gasteiger partial charge in [0.25, 0.3) is 5.91 Å². The minimum atomic E-state index is -2.92. The number of ether oxygens (including phenoxy) is 2. The van der Waals surface area contributed by atoms with Gasteiger partial charge >= 0.3 is 6.61 Å². The third-order valence-electron chi connectivity index (χ3n) is 6.48. The van der Waals surface area contributed by atoms with Gasteiger partial charge in [0.15, 0.2) is 11.5 Å². The van der Waals surface area contributed by atoms with E-state index in [0.717, 1.165) is 31.4 Å². The Kier molecular flexibility index (Phi) is 6.15. The zero-order valence-electron chi connectivity index (χ0n) is 18.1. The second-order valence-electron chi connectivity index (χ2n) is 8.39. The van der Waals surface area contributed by atoms with Crippen molar-refractivity contribution in [1.82, 2.24) is 4.90 Å². The number of alkyl halides is 2. The lowest BCUT2D eigenvalue weighted by Crippen LogP contribution is -2.41. The summed E-state index contributed by atoms with van der Waals surface area (Å²) in [5.74, 6) is 0.900. The number of carbonyl (C=O) groups excluding carboxylic acids is 1. The number of halogens is 2. The van der Waals surface area contributed by atoms with Gasteiger partial charge in [-0.15, -0.1) is 0 Å². The van der Waals surface area contributed by atoms with E-state index in [9.17, 15) is 13.6 Å². The van der Waals surface area contributed by atoms with Crippen molar-refractivity contribution in [2.24, 2.45) is 16.6 Å². The summed E-state index contributed by atoms with van der Waals surface area (Å²) in [5.41, 5.74) is 7.07. The molecule has 1 unspecified atom stereocenters. The number of aliphatic imine (C=N–C) groups is 1. The van der Waals surface area contributed by atoms with Gasteiger partial charge in [-0.05, 0) is 59.9 Å². The highest BCUT2D eigenvalue weighted by atomic mass is 19.3. The van der Waals surface area contributed by atoms with Crippen LogP contribution in [0.3, 0.4) is 0 Å². The Bertz CT molecular complexity index is 1010. The molecule has 2 aromatic carbocycles. The minimum absolute atomic E-state index is 0.0139. The standard InChI is InChI=1S/C24H27F2N3O3/c1-29-21(30)24(28-23(29)27,18-6-8-20(9-7-18)32-22(25)26)19-5-3-4-16(14-19)17-12-15(13-17)10-11-31-2/h3-9,14-15,17,22H,10-13H2,1-2H3,(H2,27,28). The molecule has 0 bridgehead atoms. The number of amides is 1. The van der Waals surface area contributed by atoms with Crippen LogP contribution < -0.4 is 10.5 Å². The molecule has 0 spiro atoms. The van der Waals surface area contributed by atoms with Gasteiger partial charge in [-0.25, -0.2) is 4.99 Å². The highest BCUT2D eigenvalue weighted by molar-refractivity contribution is 6.08. The zero-order valence-corrected chi connectivity index (χ0v) is 18.1. The Labute approximate surface area is 186 Å². The minimum Gasteiger partial charge on any atom is -0.435 e. The van der Waals surface area contributed by atoms with E-state index in [4.69, 9.17) is 10.5 Å². The molecule has 1 aliphatic carbocycles. The number of carbonyl (C=O) groups is 1. The molecule has 4 rings (SSSR count). The van der Waals surface area contributed by atoms with Gasteiger partial charge in [-0.1, -0.05) is 36.4 Å². The summed E-state index contributed by atoms with van der Waals surface area (Å²) in [6.07, 6.45) is 3.21. The van der Waals surface area contributed by atoms with Crippen molar-refractivity contribution in [1.29, 1.82) is 0 Å². The van der Waals surface area contributed by atoms with E-state index in [1.165, 1.54) is 17.0 Å². The molecule has 0 saturated heterocycles. The molecule has 170 valence electrons. The SMILES string of the molecule is COCCC1CC(c2cccc(C3(c4ccc(OC(F)F)cc4)N=C(N)N(C)C3=O)c2)C1. The maximum absolute atomic E-state index is 13.4. The molecule has 6 nitrogen and oxygen atoms in total.